The Morgan fingerprint density at radius 3 is 2.89 bits per heavy atom. The summed E-state index contributed by atoms with van der Waals surface area (Å²) >= 11 is 5.12. The van der Waals surface area contributed by atoms with E-state index in [1.807, 2.05) is 13.2 Å². The molecule has 0 saturated carbocycles. The van der Waals surface area contributed by atoms with E-state index in [1.54, 1.807) is 11.3 Å². The lowest BCUT2D eigenvalue weighted by molar-refractivity contribution is 0.770. The maximum atomic E-state index is 4.70. The Kier molecular flexibility index (Phi) is 4.86. The Morgan fingerprint density at radius 2 is 2.28 bits per heavy atom. The lowest BCUT2D eigenvalue weighted by atomic mass is 10.1. The molecule has 0 amide bonds. The minimum atomic E-state index is 0.823. The topological polar surface area (TPSA) is 37.8 Å². The zero-order valence-corrected chi connectivity index (χ0v) is 12.9. The fraction of sp³-hybridized carbons (Fsp3) is 0.385. The first-order chi connectivity index (χ1) is 8.74. The first kappa shape index (κ1) is 13.6. The van der Waals surface area contributed by atoms with Crippen LogP contribution in [0.15, 0.2) is 22.1 Å². The van der Waals surface area contributed by atoms with Gasteiger partial charge in [-0.3, -0.25) is 0 Å². The molecular formula is C13H16BrN3S. The van der Waals surface area contributed by atoms with Gasteiger partial charge in [0.1, 0.15) is 0 Å². The van der Waals surface area contributed by atoms with E-state index in [9.17, 15) is 0 Å². The van der Waals surface area contributed by atoms with Gasteiger partial charge in [0.15, 0.2) is 5.82 Å². The highest BCUT2D eigenvalue weighted by molar-refractivity contribution is 9.10. The fourth-order valence-corrected chi connectivity index (χ4v) is 3.15. The number of halogens is 1. The van der Waals surface area contributed by atoms with E-state index in [4.69, 9.17) is 4.98 Å². The maximum absolute atomic E-state index is 4.70. The van der Waals surface area contributed by atoms with Crippen LogP contribution in [0.3, 0.4) is 0 Å². The van der Waals surface area contributed by atoms with Gasteiger partial charge >= 0.3 is 0 Å². The molecule has 18 heavy (non-hydrogen) atoms. The monoisotopic (exact) mass is 325 g/mol. The van der Waals surface area contributed by atoms with E-state index in [-0.39, 0.29) is 0 Å². The predicted molar refractivity (Wildman–Crippen MR) is 79.8 cm³/mol. The number of rotatable bonds is 5. The summed E-state index contributed by atoms with van der Waals surface area (Å²) in [6.45, 7) is 3.00. The number of nitrogens with zero attached hydrogens (tertiary/aromatic N) is 2. The Morgan fingerprint density at radius 1 is 1.44 bits per heavy atom. The van der Waals surface area contributed by atoms with E-state index in [0.717, 1.165) is 40.3 Å². The number of hydrogen-bond acceptors (Lipinski definition) is 4. The van der Waals surface area contributed by atoms with Crippen molar-refractivity contribution in [2.24, 2.45) is 0 Å². The third-order valence-corrected chi connectivity index (χ3v) is 4.28. The minimum absolute atomic E-state index is 0.823. The summed E-state index contributed by atoms with van der Waals surface area (Å²) in [7, 11) is 1.94. The largest absolute Gasteiger partial charge is 0.316 e. The standard InChI is InChI=1S/C13H16BrN3S/c1-3-4-11-9(6-15-2)7-16-13(17-11)12-5-10(14)8-18-12/h5,7-8,15H,3-4,6H2,1-2H3. The zero-order chi connectivity index (χ0) is 13.0. The van der Waals surface area contributed by atoms with Crippen LogP contribution in [0.2, 0.25) is 0 Å². The van der Waals surface area contributed by atoms with Crippen LogP contribution in [0.25, 0.3) is 10.7 Å². The highest BCUT2D eigenvalue weighted by Gasteiger charge is 2.09. The molecule has 0 aliphatic rings. The number of aromatic nitrogens is 2. The second-order valence-corrected chi connectivity index (χ2v) is 5.90. The maximum Gasteiger partial charge on any atom is 0.169 e. The number of hydrogen-bond donors (Lipinski definition) is 1. The van der Waals surface area contributed by atoms with Gasteiger partial charge in [-0.05, 0) is 35.5 Å². The van der Waals surface area contributed by atoms with Crippen molar-refractivity contribution >= 4 is 27.3 Å². The normalized spacial score (nSPS) is 10.8. The van der Waals surface area contributed by atoms with E-state index >= 15 is 0 Å². The molecule has 0 saturated heterocycles. The van der Waals surface area contributed by atoms with Gasteiger partial charge in [-0.25, -0.2) is 9.97 Å². The second-order valence-electron chi connectivity index (χ2n) is 4.08. The van der Waals surface area contributed by atoms with Gasteiger partial charge in [0, 0.05) is 33.9 Å². The fourth-order valence-electron chi connectivity index (χ4n) is 1.78. The average molecular weight is 326 g/mol. The summed E-state index contributed by atoms with van der Waals surface area (Å²) in [6.07, 6.45) is 4.04. The summed E-state index contributed by atoms with van der Waals surface area (Å²) in [5.74, 6) is 0.828. The van der Waals surface area contributed by atoms with Crippen molar-refractivity contribution in [2.75, 3.05) is 7.05 Å². The molecule has 2 heterocycles. The number of nitrogens with one attached hydrogen (secondary N) is 1. The van der Waals surface area contributed by atoms with E-state index in [1.165, 1.54) is 5.56 Å². The molecule has 1 N–H and O–H groups in total. The van der Waals surface area contributed by atoms with Crippen molar-refractivity contribution in [3.63, 3.8) is 0 Å². The van der Waals surface area contributed by atoms with Crippen molar-refractivity contribution in [1.29, 1.82) is 0 Å². The minimum Gasteiger partial charge on any atom is -0.316 e. The molecule has 2 aromatic heterocycles. The summed E-state index contributed by atoms with van der Waals surface area (Å²) in [6, 6.07) is 2.06. The highest BCUT2D eigenvalue weighted by Crippen LogP contribution is 2.27. The predicted octanol–water partition coefficient (Wildman–Crippen LogP) is 3.64. The van der Waals surface area contributed by atoms with Gasteiger partial charge < -0.3 is 5.32 Å². The van der Waals surface area contributed by atoms with Gasteiger partial charge in [-0.2, -0.15) is 0 Å². The van der Waals surface area contributed by atoms with Crippen molar-refractivity contribution < 1.29 is 0 Å². The highest BCUT2D eigenvalue weighted by atomic mass is 79.9. The molecule has 0 aromatic carbocycles. The van der Waals surface area contributed by atoms with E-state index < -0.39 is 0 Å². The Bertz CT molecular complexity index is 525. The van der Waals surface area contributed by atoms with Gasteiger partial charge in [-0.15, -0.1) is 11.3 Å². The molecule has 2 aromatic rings. The summed E-state index contributed by atoms with van der Waals surface area (Å²) in [4.78, 5) is 10.3. The van der Waals surface area contributed by atoms with Gasteiger partial charge in [0.25, 0.3) is 0 Å². The molecule has 0 atom stereocenters. The molecule has 0 aliphatic heterocycles. The molecule has 96 valence electrons. The first-order valence-electron chi connectivity index (χ1n) is 5.98. The van der Waals surface area contributed by atoms with Crippen LogP contribution >= 0.6 is 27.3 Å². The summed E-state index contributed by atoms with van der Waals surface area (Å²) in [5, 5.41) is 5.22. The molecule has 0 aliphatic carbocycles. The first-order valence-corrected chi connectivity index (χ1v) is 7.65. The molecule has 0 radical (unpaired) electrons. The molecule has 0 spiro atoms. The van der Waals surface area contributed by atoms with E-state index in [0.29, 0.717) is 0 Å². The smallest absolute Gasteiger partial charge is 0.169 e. The van der Waals surface area contributed by atoms with Crippen LogP contribution in [0.1, 0.15) is 24.6 Å². The lowest BCUT2D eigenvalue weighted by Gasteiger charge is -2.08. The van der Waals surface area contributed by atoms with Crippen LogP contribution in [-0.4, -0.2) is 17.0 Å². The van der Waals surface area contributed by atoms with Crippen LogP contribution < -0.4 is 5.32 Å². The quantitative estimate of drug-likeness (QED) is 0.911. The third-order valence-electron chi connectivity index (χ3n) is 2.60. The van der Waals surface area contributed by atoms with E-state index in [2.05, 4.69) is 44.6 Å². The molecule has 5 heteroatoms. The molecule has 0 unspecified atom stereocenters. The summed E-state index contributed by atoms with van der Waals surface area (Å²) in [5.41, 5.74) is 2.35. The van der Waals surface area contributed by atoms with Crippen molar-refractivity contribution in [1.82, 2.24) is 15.3 Å². The number of aryl methyl sites for hydroxylation is 1. The molecule has 3 nitrogen and oxygen atoms in total. The number of thiophene rings is 1. The Hall–Kier alpha value is -0.780. The van der Waals surface area contributed by atoms with Crippen LogP contribution in [-0.2, 0) is 13.0 Å². The van der Waals surface area contributed by atoms with Crippen molar-refractivity contribution in [2.45, 2.75) is 26.3 Å². The van der Waals surface area contributed by atoms with Crippen LogP contribution in [0.4, 0.5) is 0 Å². The third kappa shape index (κ3) is 3.16. The lowest BCUT2D eigenvalue weighted by Crippen LogP contribution is -2.10. The Balaban J connectivity index is 2.35. The molecule has 0 bridgehead atoms. The average Bonchev–Trinajstić information content (AvgIpc) is 2.79. The van der Waals surface area contributed by atoms with Crippen LogP contribution in [0, 0.1) is 0 Å². The molecule has 2 rings (SSSR count). The van der Waals surface area contributed by atoms with Crippen molar-refractivity contribution in [3.05, 3.63) is 33.4 Å². The van der Waals surface area contributed by atoms with Crippen molar-refractivity contribution in [3.8, 4) is 10.7 Å². The SMILES string of the molecule is CCCc1nc(-c2cc(Br)cs2)ncc1CNC. The summed E-state index contributed by atoms with van der Waals surface area (Å²) < 4.78 is 1.09. The molecular weight excluding hydrogens is 310 g/mol. The van der Waals surface area contributed by atoms with Gasteiger partial charge in [0.2, 0.25) is 0 Å². The van der Waals surface area contributed by atoms with Gasteiger partial charge in [-0.1, -0.05) is 13.3 Å². The second kappa shape index (κ2) is 6.41. The van der Waals surface area contributed by atoms with Gasteiger partial charge in [0.05, 0.1) is 4.88 Å². The Labute approximate surface area is 120 Å². The zero-order valence-electron chi connectivity index (χ0n) is 10.5. The van der Waals surface area contributed by atoms with Crippen LogP contribution in [0.5, 0.6) is 0 Å². The molecule has 0 fully saturated rings.